The second kappa shape index (κ2) is 8.32. The summed E-state index contributed by atoms with van der Waals surface area (Å²) in [4.78, 5) is 25.6. The molecule has 2 aliphatic heterocycles. The van der Waals surface area contributed by atoms with E-state index in [0.717, 1.165) is 22.6 Å². The van der Waals surface area contributed by atoms with Gasteiger partial charge in [0.2, 0.25) is 11.8 Å². The van der Waals surface area contributed by atoms with E-state index in [1.165, 1.54) is 11.8 Å². The molecule has 146 valence electrons. The molecular weight excluding hydrogens is 400 g/mol. The predicted molar refractivity (Wildman–Crippen MR) is 108 cm³/mol. The van der Waals surface area contributed by atoms with E-state index in [4.69, 9.17) is 21.1 Å². The maximum Gasteiger partial charge on any atom is 0.238 e. The molecule has 8 heteroatoms. The third-order valence-corrected chi connectivity index (χ3v) is 5.98. The van der Waals surface area contributed by atoms with Crippen LogP contribution in [0.25, 0.3) is 0 Å². The third-order valence-electron chi connectivity index (χ3n) is 4.43. The van der Waals surface area contributed by atoms with Crippen LogP contribution in [0.15, 0.2) is 41.3 Å². The highest BCUT2D eigenvalue weighted by molar-refractivity contribution is 8.01. The lowest BCUT2D eigenvalue weighted by Crippen LogP contribution is -2.34. The van der Waals surface area contributed by atoms with Crippen molar-refractivity contribution in [1.29, 1.82) is 0 Å². The third kappa shape index (κ3) is 4.20. The molecule has 1 atom stereocenters. The quantitative estimate of drug-likeness (QED) is 0.793. The Hall–Kier alpha value is -2.38. The van der Waals surface area contributed by atoms with E-state index in [1.807, 2.05) is 30.3 Å². The number of fused-ring (bicyclic) bond motifs is 2. The Morgan fingerprint density at radius 3 is 2.96 bits per heavy atom. The summed E-state index contributed by atoms with van der Waals surface area (Å²) in [6.07, 6.45) is 0.893. The molecule has 2 aliphatic rings. The van der Waals surface area contributed by atoms with Gasteiger partial charge in [-0.05, 0) is 29.8 Å². The van der Waals surface area contributed by atoms with Gasteiger partial charge in [0.25, 0.3) is 0 Å². The molecule has 0 bridgehead atoms. The van der Waals surface area contributed by atoms with Crippen LogP contribution >= 0.6 is 23.4 Å². The largest absolute Gasteiger partial charge is 0.489 e. The summed E-state index contributed by atoms with van der Waals surface area (Å²) in [6.45, 7) is 1.42. The molecule has 0 aromatic heterocycles. The standard InChI is InChI=1S/C20H19ClN2O4S/c21-13-8-12(9-15-19(13)27-7-3-6-26-15)11-22-18(24)10-17-20(25)23-14-4-1-2-5-16(14)28-17/h1-2,4-5,8-9,17H,3,6-7,10-11H2,(H,22,24)(H,23,25)/t17-/m0/s1. The van der Waals surface area contributed by atoms with Gasteiger partial charge in [-0.1, -0.05) is 23.7 Å². The number of amides is 2. The van der Waals surface area contributed by atoms with Crippen molar-refractivity contribution in [2.75, 3.05) is 18.5 Å². The molecule has 0 fully saturated rings. The minimum atomic E-state index is -0.456. The topological polar surface area (TPSA) is 76.7 Å². The van der Waals surface area contributed by atoms with Crippen molar-refractivity contribution in [3.63, 3.8) is 0 Å². The lowest BCUT2D eigenvalue weighted by Gasteiger charge is -2.23. The van der Waals surface area contributed by atoms with Gasteiger partial charge in [-0.3, -0.25) is 9.59 Å². The van der Waals surface area contributed by atoms with Gasteiger partial charge in [0.15, 0.2) is 11.5 Å². The molecular formula is C20H19ClN2O4S. The van der Waals surface area contributed by atoms with E-state index in [9.17, 15) is 9.59 Å². The van der Waals surface area contributed by atoms with Crippen LogP contribution in [0.4, 0.5) is 5.69 Å². The fourth-order valence-corrected chi connectivity index (χ4v) is 4.45. The number of hydrogen-bond donors (Lipinski definition) is 2. The molecule has 0 radical (unpaired) electrons. The van der Waals surface area contributed by atoms with Crippen molar-refractivity contribution in [1.82, 2.24) is 5.32 Å². The van der Waals surface area contributed by atoms with Crippen molar-refractivity contribution in [2.45, 2.75) is 29.5 Å². The van der Waals surface area contributed by atoms with Gasteiger partial charge in [0.1, 0.15) is 0 Å². The molecule has 2 aromatic rings. The maximum atomic E-state index is 12.4. The van der Waals surface area contributed by atoms with Crippen LogP contribution in [0.2, 0.25) is 5.02 Å². The predicted octanol–water partition coefficient (Wildman–Crippen LogP) is 3.62. The highest BCUT2D eigenvalue weighted by Crippen LogP contribution is 2.38. The number of benzene rings is 2. The first-order valence-corrected chi connectivity index (χ1v) is 10.3. The normalized spacial score (nSPS) is 17.9. The van der Waals surface area contributed by atoms with E-state index in [1.54, 1.807) is 6.07 Å². The molecule has 2 heterocycles. The van der Waals surface area contributed by atoms with Crippen molar-refractivity contribution in [3.05, 3.63) is 47.0 Å². The number of halogens is 1. The van der Waals surface area contributed by atoms with Crippen molar-refractivity contribution >= 4 is 40.9 Å². The lowest BCUT2D eigenvalue weighted by atomic mass is 10.2. The fraction of sp³-hybridized carbons (Fsp3) is 0.300. The number of carbonyl (C=O) groups excluding carboxylic acids is 2. The molecule has 6 nitrogen and oxygen atoms in total. The summed E-state index contributed by atoms with van der Waals surface area (Å²) in [5, 5.41) is 5.71. The lowest BCUT2D eigenvalue weighted by molar-refractivity contribution is -0.124. The van der Waals surface area contributed by atoms with Gasteiger partial charge < -0.3 is 20.1 Å². The zero-order chi connectivity index (χ0) is 19.5. The molecule has 0 saturated carbocycles. The van der Waals surface area contributed by atoms with E-state index >= 15 is 0 Å². The van der Waals surface area contributed by atoms with Gasteiger partial charge in [-0.2, -0.15) is 0 Å². The Balaban J connectivity index is 1.37. The summed E-state index contributed by atoms with van der Waals surface area (Å²) in [5.74, 6) is 0.781. The van der Waals surface area contributed by atoms with E-state index in [2.05, 4.69) is 10.6 Å². The first-order chi connectivity index (χ1) is 13.6. The van der Waals surface area contributed by atoms with Crippen LogP contribution in [0, 0.1) is 0 Å². The van der Waals surface area contributed by atoms with Crippen molar-refractivity contribution in [2.24, 2.45) is 0 Å². The Morgan fingerprint density at radius 1 is 1.25 bits per heavy atom. The number of para-hydroxylation sites is 1. The Kier molecular flexibility index (Phi) is 5.64. The fourth-order valence-electron chi connectivity index (χ4n) is 3.05. The molecule has 2 amide bonds. The Morgan fingerprint density at radius 2 is 2.07 bits per heavy atom. The molecule has 2 aromatic carbocycles. The van der Waals surface area contributed by atoms with Crippen LogP contribution < -0.4 is 20.1 Å². The minimum absolute atomic E-state index is 0.100. The highest BCUT2D eigenvalue weighted by Gasteiger charge is 2.28. The number of rotatable bonds is 4. The average Bonchev–Trinajstić information content (AvgIpc) is 2.93. The summed E-state index contributed by atoms with van der Waals surface area (Å²) in [5.41, 5.74) is 1.60. The number of anilines is 1. The van der Waals surface area contributed by atoms with Crippen molar-refractivity contribution < 1.29 is 19.1 Å². The minimum Gasteiger partial charge on any atom is -0.489 e. The zero-order valence-electron chi connectivity index (χ0n) is 15.0. The summed E-state index contributed by atoms with van der Waals surface area (Å²) < 4.78 is 11.3. The van der Waals surface area contributed by atoms with Gasteiger partial charge in [-0.25, -0.2) is 0 Å². The molecule has 2 N–H and O–H groups in total. The van der Waals surface area contributed by atoms with E-state index < -0.39 is 5.25 Å². The molecule has 28 heavy (non-hydrogen) atoms. The van der Waals surface area contributed by atoms with Crippen molar-refractivity contribution in [3.8, 4) is 11.5 Å². The second-order valence-electron chi connectivity index (χ2n) is 6.53. The summed E-state index contributed by atoms with van der Waals surface area (Å²) in [6, 6.07) is 11.1. The SMILES string of the molecule is O=C(C[C@@H]1Sc2ccccc2NC1=O)NCc1cc(Cl)c2c(c1)OCCCO2. The number of carbonyl (C=O) groups is 2. The Bertz CT molecular complexity index is 921. The second-order valence-corrected chi connectivity index (χ2v) is 8.18. The number of thioether (sulfide) groups is 1. The number of hydrogen-bond acceptors (Lipinski definition) is 5. The van der Waals surface area contributed by atoms with Gasteiger partial charge >= 0.3 is 0 Å². The molecule has 0 unspecified atom stereocenters. The first kappa shape index (κ1) is 19.0. The monoisotopic (exact) mass is 418 g/mol. The molecule has 0 saturated heterocycles. The maximum absolute atomic E-state index is 12.4. The van der Waals surface area contributed by atoms with Gasteiger partial charge in [-0.15, -0.1) is 11.8 Å². The number of nitrogens with one attached hydrogen (secondary N) is 2. The van der Waals surface area contributed by atoms with Crippen LogP contribution in [0.3, 0.4) is 0 Å². The molecule has 0 aliphatic carbocycles. The van der Waals surface area contributed by atoms with Crippen LogP contribution in [0.5, 0.6) is 11.5 Å². The number of ether oxygens (including phenoxy) is 2. The first-order valence-electron chi connectivity index (χ1n) is 9.01. The van der Waals surface area contributed by atoms with Gasteiger partial charge in [0, 0.05) is 24.3 Å². The summed E-state index contributed by atoms with van der Waals surface area (Å²) in [7, 11) is 0. The van der Waals surface area contributed by atoms with Crippen LogP contribution in [-0.4, -0.2) is 30.3 Å². The summed E-state index contributed by atoms with van der Waals surface area (Å²) >= 11 is 7.69. The average molecular weight is 419 g/mol. The van der Waals surface area contributed by atoms with Crippen LogP contribution in [-0.2, 0) is 16.1 Å². The molecule has 0 spiro atoms. The molecule has 4 rings (SSSR count). The Labute approximate surface area is 171 Å². The van der Waals surface area contributed by atoms with E-state index in [-0.39, 0.29) is 18.2 Å². The van der Waals surface area contributed by atoms with E-state index in [0.29, 0.717) is 36.3 Å². The van der Waals surface area contributed by atoms with Gasteiger partial charge in [0.05, 0.1) is 29.2 Å². The van der Waals surface area contributed by atoms with Crippen LogP contribution in [0.1, 0.15) is 18.4 Å². The highest BCUT2D eigenvalue weighted by atomic mass is 35.5. The zero-order valence-corrected chi connectivity index (χ0v) is 16.6. The smallest absolute Gasteiger partial charge is 0.238 e.